The van der Waals surface area contributed by atoms with Gasteiger partial charge in [-0.15, -0.1) is 0 Å². The lowest BCUT2D eigenvalue weighted by Crippen LogP contribution is -2.50. The monoisotopic (exact) mass is 228 g/mol. The first-order valence-corrected chi connectivity index (χ1v) is 6.08. The van der Waals surface area contributed by atoms with Gasteiger partial charge in [0.1, 0.15) is 0 Å². The number of carbonyl (C=O) groups is 1. The Bertz CT molecular complexity index is 236. The summed E-state index contributed by atoms with van der Waals surface area (Å²) in [4.78, 5) is 13.8. The summed E-state index contributed by atoms with van der Waals surface area (Å²) < 4.78 is 0. The van der Waals surface area contributed by atoms with Crippen LogP contribution in [0.3, 0.4) is 0 Å². The standard InChI is InChI=1S/C12H24N2O2/c1-12(2,3)13-11(16)8-14-7-5-4-6-10(14)9-15/h10,15H,4-9H2,1-3H3,(H,13,16). The molecule has 0 aliphatic carbocycles. The predicted octanol–water partition coefficient (Wildman–Crippen LogP) is 0.748. The molecule has 2 N–H and O–H groups in total. The van der Waals surface area contributed by atoms with Gasteiger partial charge in [-0.3, -0.25) is 9.69 Å². The van der Waals surface area contributed by atoms with E-state index in [9.17, 15) is 9.90 Å². The Morgan fingerprint density at radius 1 is 1.44 bits per heavy atom. The van der Waals surface area contributed by atoms with E-state index in [2.05, 4.69) is 10.2 Å². The number of rotatable bonds is 3. The number of amides is 1. The van der Waals surface area contributed by atoms with Gasteiger partial charge in [0.25, 0.3) is 0 Å². The van der Waals surface area contributed by atoms with Crippen molar-refractivity contribution in [3.63, 3.8) is 0 Å². The molecule has 1 atom stereocenters. The average molecular weight is 228 g/mol. The van der Waals surface area contributed by atoms with Crippen molar-refractivity contribution in [1.82, 2.24) is 10.2 Å². The van der Waals surface area contributed by atoms with E-state index in [-0.39, 0.29) is 24.1 Å². The van der Waals surface area contributed by atoms with Crippen molar-refractivity contribution in [2.45, 2.75) is 51.6 Å². The molecule has 1 fully saturated rings. The lowest BCUT2D eigenvalue weighted by Gasteiger charge is -2.34. The van der Waals surface area contributed by atoms with Crippen molar-refractivity contribution in [1.29, 1.82) is 0 Å². The topological polar surface area (TPSA) is 52.6 Å². The SMILES string of the molecule is CC(C)(C)NC(=O)CN1CCCCC1CO. The van der Waals surface area contributed by atoms with Gasteiger partial charge in [0, 0.05) is 11.6 Å². The van der Waals surface area contributed by atoms with E-state index in [4.69, 9.17) is 0 Å². The highest BCUT2D eigenvalue weighted by Gasteiger charge is 2.24. The Labute approximate surface area is 98.0 Å². The number of hydrogen-bond acceptors (Lipinski definition) is 3. The smallest absolute Gasteiger partial charge is 0.234 e. The van der Waals surface area contributed by atoms with Gasteiger partial charge in [0.05, 0.1) is 13.2 Å². The van der Waals surface area contributed by atoms with Gasteiger partial charge in [-0.25, -0.2) is 0 Å². The summed E-state index contributed by atoms with van der Waals surface area (Å²) in [6, 6.07) is 0.166. The zero-order valence-corrected chi connectivity index (χ0v) is 10.6. The number of hydrogen-bond donors (Lipinski definition) is 2. The molecule has 0 aromatic heterocycles. The minimum atomic E-state index is -0.179. The maximum atomic E-state index is 11.8. The number of aliphatic hydroxyl groups is 1. The third-order valence-corrected chi connectivity index (χ3v) is 2.82. The molecule has 1 heterocycles. The molecular formula is C12H24N2O2. The Morgan fingerprint density at radius 2 is 2.12 bits per heavy atom. The molecule has 1 unspecified atom stereocenters. The normalized spacial score (nSPS) is 23.1. The summed E-state index contributed by atoms with van der Waals surface area (Å²) in [7, 11) is 0. The minimum Gasteiger partial charge on any atom is -0.395 e. The Balaban J connectivity index is 2.42. The molecule has 0 aromatic carbocycles. The van der Waals surface area contributed by atoms with Crippen LogP contribution in [0.15, 0.2) is 0 Å². The third kappa shape index (κ3) is 4.49. The van der Waals surface area contributed by atoms with Crippen LogP contribution in [0.4, 0.5) is 0 Å². The Kier molecular flexibility index (Phi) is 4.74. The molecule has 1 aliphatic heterocycles. The number of aliphatic hydroxyl groups excluding tert-OH is 1. The van der Waals surface area contributed by atoms with Gasteiger partial charge >= 0.3 is 0 Å². The molecule has 1 saturated heterocycles. The number of carbonyl (C=O) groups excluding carboxylic acids is 1. The summed E-state index contributed by atoms with van der Waals surface area (Å²) in [6.07, 6.45) is 3.28. The van der Waals surface area contributed by atoms with Crippen molar-refractivity contribution in [3.05, 3.63) is 0 Å². The number of nitrogens with zero attached hydrogens (tertiary/aromatic N) is 1. The number of nitrogens with one attached hydrogen (secondary N) is 1. The lowest BCUT2D eigenvalue weighted by atomic mass is 10.0. The molecular weight excluding hydrogens is 204 g/mol. The molecule has 0 saturated carbocycles. The highest BCUT2D eigenvalue weighted by atomic mass is 16.3. The fraction of sp³-hybridized carbons (Fsp3) is 0.917. The van der Waals surface area contributed by atoms with Crippen molar-refractivity contribution in [3.8, 4) is 0 Å². The molecule has 0 bridgehead atoms. The van der Waals surface area contributed by atoms with Crippen LogP contribution in [0.5, 0.6) is 0 Å². The van der Waals surface area contributed by atoms with Crippen LogP contribution in [-0.4, -0.2) is 47.2 Å². The number of likely N-dealkylation sites (tertiary alicyclic amines) is 1. The summed E-state index contributed by atoms with van der Waals surface area (Å²) in [6.45, 7) is 7.41. The highest BCUT2D eigenvalue weighted by Crippen LogP contribution is 2.16. The Hall–Kier alpha value is -0.610. The van der Waals surface area contributed by atoms with Gasteiger partial charge in [-0.1, -0.05) is 6.42 Å². The summed E-state index contributed by atoms with van der Waals surface area (Å²) in [5.41, 5.74) is -0.179. The van der Waals surface area contributed by atoms with Crippen LogP contribution < -0.4 is 5.32 Å². The van der Waals surface area contributed by atoms with Gasteiger partial charge in [0.15, 0.2) is 0 Å². The van der Waals surface area contributed by atoms with E-state index in [1.807, 2.05) is 20.8 Å². The molecule has 1 aliphatic rings. The average Bonchev–Trinajstić information content (AvgIpc) is 2.15. The van der Waals surface area contributed by atoms with E-state index in [0.29, 0.717) is 6.54 Å². The molecule has 16 heavy (non-hydrogen) atoms. The first-order chi connectivity index (χ1) is 7.42. The van der Waals surface area contributed by atoms with Gasteiger partial charge in [-0.2, -0.15) is 0 Å². The molecule has 4 heteroatoms. The summed E-state index contributed by atoms with van der Waals surface area (Å²) in [5.74, 6) is 0.0489. The Morgan fingerprint density at radius 3 is 2.69 bits per heavy atom. The third-order valence-electron chi connectivity index (χ3n) is 2.82. The molecule has 0 radical (unpaired) electrons. The van der Waals surface area contributed by atoms with Crippen molar-refractivity contribution < 1.29 is 9.90 Å². The van der Waals surface area contributed by atoms with Crippen LogP contribution in [-0.2, 0) is 4.79 Å². The van der Waals surface area contributed by atoms with Crippen molar-refractivity contribution in [2.75, 3.05) is 19.7 Å². The molecule has 0 spiro atoms. The molecule has 94 valence electrons. The van der Waals surface area contributed by atoms with E-state index in [1.54, 1.807) is 0 Å². The second kappa shape index (κ2) is 5.64. The van der Waals surface area contributed by atoms with Crippen LogP contribution in [0.1, 0.15) is 40.0 Å². The van der Waals surface area contributed by atoms with Crippen LogP contribution in [0.2, 0.25) is 0 Å². The zero-order valence-electron chi connectivity index (χ0n) is 10.6. The maximum Gasteiger partial charge on any atom is 0.234 e. The van der Waals surface area contributed by atoms with Crippen LogP contribution in [0, 0.1) is 0 Å². The highest BCUT2D eigenvalue weighted by molar-refractivity contribution is 5.78. The van der Waals surface area contributed by atoms with Crippen molar-refractivity contribution in [2.24, 2.45) is 0 Å². The quantitative estimate of drug-likeness (QED) is 0.749. The maximum absolute atomic E-state index is 11.8. The largest absolute Gasteiger partial charge is 0.395 e. The predicted molar refractivity (Wildman–Crippen MR) is 64.2 cm³/mol. The first-order valence-electron chi connectivity index (χ1n) is 6.08. The van der Waals surface area contributed by atoms with Crippen LogP contribution in [0.25, 0.3) is 0 Å². The summed E-state index contributed by atoms with van der Waals surface area (Å²) in [5, 5.41) is 12.2. The lowest BCUT2D eigenvalue weighted by molar-refractivity contribution is -0.124. The van der Waals surface area contributed by atoms with Gasteiger partial charge in [-0.05, 0) is 40.2 Å². The van der Waals surface area contributed by atoms with E-state index in [0.717, 1.165) is 25.8 Å². The molecule has 1 rings (SSSR count). The van der Waals surface area contributed by atoms with E-state index >= 15 is 0 Å². The molecule has 4 nitrogen and oxygen atoms in total. The molecule has 0 aromatic rings. The summed E-state index contributed by atoms with van der Waals surface area (Å²) >= 11 is 0. The van der Waals surface area contributed by atoms with Gasteiger partial charge < -0.3 is 10.4 Å². The minimum absolute atomic E-state index is 0.0489. The van der Waals surface area contributed by atoms with E-state index < -0.39 is 0 Å². The fourth-order valence-electron chi connectivity index (χ4n) is 2.12. The second-order valence-electron chi connectivity index (χ2n) is 5.60. The van der Waals surface area contributed by atoms with E-state index in [1.165, 1.54) is 0 Å². The fourth-order valence-corrected chi connectivity index (χ4v) is 2.12. The number of piperidine rings is 1. The first kappa shape index (κ1) is 13.5. The van der Waals surface area contributed by atoms with Gasteiger partial charge in [0.2, 0.25) is 5.91 Å². The molecule has 1 amide bonds. The second-order valence-corrected chi connectivity index (χ2v) is 5.60. The van der Waals surface area contributed by atoms with Crippen molar-refractivity contribution >= 4 is 5.91 Å². The van der Waals surface area contributed by atoms with Crippen LogP contribution >= 0.6 is 0 Å². The zero-order chi connectivity index (χ0) is 12.2.